The Labute approximate surface area is 316 Å². The summed E-state index contributed by atoms with van der Waals surface area (Å²) in [4.78, 5) is 29.6. The number of aromatic nitrogens is 3. The molecule has 54 heavy (non-hydrogen) atoms. The van der Waals surface area contributed by atoms with Crippen LogP contribution in [-0.2, 0) is 21.7 Å². The Hall–Kier alpha value is -5.30. The molecule has 2 N–H and O–H groups in total. The van der Waals surface area contributed by atoms with Crippen molar-refractivity contribution in [1.29, 1.82) is 0 Å². The van der Waals surface area contributed by atoms with Crippen LogP contribution in [0.15, 0.2) is 103 Å². The van der Waals surface area contributed by atoms with Gasteiger partial charge in [-0.25, -0.2) is 0 Å². The Kier molecular flexibility index (Phi) is 10.2. The summed E-state index contributed by atoms with van der Waals surface area (Å²) >= 11 is 0. The molecule has 0 saturated carbocycles. The van der Waals surface area contributed by atoms with E-state index in [9.17, 15) is 14.7 Å². The lowest BCUT2D eigenvalue weighted by Gasteiger charge is -2.37. The first-order chi connectivity index (χ1) is 26.0. The number of aliphatic hydroxyl groups is 1. The lowest BCUT2D eigenvalue weighted by molar-refractivity contribution is -0.145. The highest BCUT2D eigenvalue weighted by Gasteiger charge is 2.65. The highest BCUT2D eigenvalue weighted by molar-refractivity contribution is 6.91. The Morgan fingerprint density at radius 3 is 2.30 bits per heavy atom. The molecular formula is C42H47N5O6Si. The van der Waals surface area contributed by atoms with Gasteiger partial charge >= 0.3 is 0 Å². The first kappa shape index (κ1) is 37.0. The molecular weight excluding hydrogens is 699 g/mol. The molecule has 2 aliphatic heterocycles. The molecule has 7 rings (SSSR count). The predicted octanol–water partition coefficient (Wildman–Crippen LogP) is 5.95. The van der Waals surface area contributed by atoms with Crippen LogP contribution >= 0.6 is 0 Å². The Morgan fingerprint density at radius 2 is 1.65 bits per heavy atom. The second-order valence-electron chi connectivity index (χ2n) is 14.8. The number of likely N-dealkylation sites (N-methyl/N-ethyl adjacent to an activating group) is 1. The van der Waals surface area contributed by atoms with Crippen molar-refractivity contribution < 1.29 is 28.9 Å². The molecule has 0 bridgehead atoms. The van der Waals surface area contributed by atoms with Gasteiger partial charge in [-0.1, -0.05) is 72.9 Å². The quantitative estimate of drug-likeness (QED) is 0.150. The van der Waals surface area contributed by atoms with E-state index in [0.717, 1.165) is 22.6 Å². The third-order valence-electron chi connectivity index (χ3n) is 11.5. The van der Waals surface area contributed by atoms with Crippen molar-refractivity contribution in [2.75, 3.05) is 38.1 Å². The minimum Gasteiger partial charge on any atom is -0.497 e. The fourth-order valence-corrected chi connectivity index (χ4v) is 12.7. The minimum absolute atomic E-state index is 0.0178. The van der Waals surface area contributed by atoms with E-state index in [2.05, 4.69) is 47.8 Å². The number of nitrogens with one attached hydrogen (secondary N) is 1. The van der Waals surface area contributed by atoms with Crippen molar-refractivity contribution in [3.8, 4) is 11.5 Å². The van der Waals surface area contributed by atoms with E-state index < -0.39 is 13.7 Å². The zero-order chi connectivity index (χ0) is 38.2. The monoisotopic (exact) mass is 745 g/mol. The molecule has 1 spiro atoms. The molecule has 5 aromatic rings. The number of anilines is 2. The van der Waals surface area contributed by atoms with E-state index in [4.69, 9.17) is 14.2 Å². The molecule has 12 heteroatoms. The molecule has 1 fully saturated rings. The van der Waals surface area contributed by atoms with E-state index in [-0.39, 0.29) is 41.9 Å². The smallest absolute Gasteiger partial charge is 0.264 e. The van der Waals surface area contributed by atoms with Crippen molar-refractivity contribution in [2.45, 2.75) is 56.1 Å². The van der Waals surface area contributed by atoms with Crippen LogP contribution in [0.2, 0.25) is 18.6 Å². The lowest BCUT2D eigenvalue weighted by atomic mass is 9.82. The van der Waals surface area contributed by atoms with Crippen LogP contribution in [0.4, 0.5) is 11.4 Å². The van der Waals surface area contributed by atoms with Gasteiger partial charge in [-0.3, -0.25) is 14.3 Å². The van der Waals surface area contributed by atoms with Crippen molar-refractivity contribution in [3.63, 3.8) is 0 Å². The van der Waals surface area contributed by atoms with Gasteiger partial charge in [0.05, 0.1) is 52.3 Å². The first-order valence-corrected chi connectivity index (χ1v) is 21.4. The van der Waals surface area contributed by atoms with E-state index in [1.165, 1.54) is 5.19 Å². The molecule has 0 radical (unpaired) electrons. The second-order valence-corrected chi connectivity index (χ2v) is 19.5. The van der Waals surface area contributed by atoms with Gasteiger partial charge in [0.15, 0.2) is 5.60 Å². The zero-order valence-electron chi connectivity index (χ0n) is 31.5. The number of ether oxygens (including phenoxy) is 3. The zero-order valence-corrected chi connectivity index (χ0v) is 32.5. The standard InChI is InChI=1S/C42H47N5O6Si/c1-27-39(54(5,6)33-19-17-32(52-4)18-20-33)38(22-23-47-25-36(44-45-47)34(26-48)28-10-8-7-9-11-28)53-42(27)35-24-30(14-21-37(35)46(2)41(42)50)43-40(49)29-12-15-31(51-3)16-13-29/h7-21,24-25,27,34,38-39,48H,22-23,26H2,1-6H3,(H,43,49)/t27-,34?,38+,39-,42+/m1/s1. The molecule has 3 heterocycles. The number of rotatable bonds is 12. The van der Waals surface area contributed by atoms with Gasteiger partial charge in [-0.2, -0.15) is 0 Å². The summed E-state index contributed by atoms with van der Waals surface area (Å²) in [6.07, 6.45) is 2.17. The van der Waals surface area contributed by atoms with Gasteiger partial charge in [0.1, 0.15) is 11.5 Å². The number of methoxy groups -OCH3 is 2. The lowest BCUT2D eigenvalue weighted by Crippen LogP contribution is -2.51. The number of nitrogens with zero attached hydrogens (tertiary/aromatic N) is 4. The van der Waals surface area contributed by atoms with Gasteiger partial charge in [0, 0.05) is 42.5 Å². The van der Waals surface area contributed by atoms with Gasteiger partial charge in [0.2, 0.25) is 0 Å². The molecule has 5 atom stereocenters. The third-order valence-corrected chi connectivity index (χ3v) is 15.9. The molecule has 0 aliphatic carbocycles. The number of fused-ring (bicyclic) bond motifs is 2. The van der Waals surface area contributed by atoms with Gasteiger partial charge in [0.25, 0.3) is 11.8 Å². The Bertz CT molecular complexity index is 2120. The fraction of sp³-hybridized carbons (Fsp3) is 0.333. The summed E-state index contributed by atoms with van der Waals surface area (Å²) in [5, 5.41) is 23.4. The van der Waals surface area contributed by atoms with Crippen LogP contribution in [0.1, 0.15) is 46.4 Å². The third kappa shape index (κ3) is 6.48. The first-order valence-electron chi connectivity index (χ1n) is 18.3. The second kappa shape index (κ2) is 14.8. The van der Waals surface area contributed by atoms with Crippen LogP contribution in [0.25, 0.3) is 0 Å². The largest absolute Gasteiger partial charge is 0.497 e. The number of benzene rings is 4. The van der Waals surface area contributed by atoms with Crippen molar-refractivity contribution in [3.05, 3.63) is 126 Å². The Morgan fingerprint density at radius 1 is 0.981 bits per heavy atom. The fourth-order valence-electron chi connectivity index (χ4n) is 8.61. The maximum atomic E-state index is 14.6. The van der Waals surface area contributed by atoms with Crippen molar-refractivity contribution >= 4 is 36.4 Å². The number of amides is 2. The molecule has 4 aromatic carbocycles. The summed E-state index contributed by atoms with van der Waals surface area (Å²) in [5.74, 6) is 0.567. The minimum atomic E-state index is -2.38. The van der Waals surface area contributed by atoms with Gasteiger partial charge in [-0.15, -0.1) is 5.10 Å². The van der Waals surface area contributed by atoms with Crippen LogP contribution < -0.4 is 24.9 Å². The topological polar surface area (TPSA) is 128 Å². The Balaban J connectivity index is 1.23. The van der Waals surface area contributed by atoms with Crippen molar-refractivity contribution in [2.24, 2.45) is 5.92 Å². The van der Waals surface area contributed by atoms with E-state index in [1.54, 1.807) is 50.4 Å². The van der Waals surface area contributed by atoms with Crippen LogP contribution in [-0.4, -0.2) is 74.0 Å². The highest BCUT2D eigenvalue weighted by Crippen LogP contribution is 2.60. The summed E-state index contributed by atoms with van der Waals surface area (Å²) < 4.78 is 19.8. The number of aryl methyl sites for hydroxylation is 1. The van der Waals surface area contributed by atoms with E-state index in [0.29, 0.717) is 35.7 Å². The van der Waals surface area contributed by atoms with Gasteiger partial charge < -0.3 is 29.5 Å². The van der Waals surface area contributed by atoms with Crippen LogP contribution in [0, 0.1) is 5.92 Å². The number of carbonyl (C=O) groups is 2. The average molecular weight is 746 g/mol. The normalized spacial score (nSPS) is 21.3. The number of hydrogen-bond donors (Lipinski definition) is 2. The summed E-state index contributed by atoms with van der Waals surface area (Å²) in [6.45, 7) is 7.26. The molecule has 11 nitrogen and oxygen atoms in total. The summed E-state index contributed by atoms with van der Waals surface area (Å²) in [6, 6.07) is 30.6. The molecule has 280 valence electrons. The maximum absolute atomic E-state index is 14.6. The average Bonchev–Trinajstić information content (AvgIpc) is 3.85. The predicted molar refractivity (Wildman–Crippen MR) is 210 cm³/mol. The van der Waals surface area contributed by atoms with Gasteiger partial charge in [-0.05, 0) is 72.1 Å². The molecule has 1 saturated heterocycles. The SMILES string of the molecule is COc1ccc(C(=O)Nc2ccc3c(c2)[C@]2(O[C@@H](CCn4cc(C(CO)c5ccccc5)nn4)[C@H]([Si](C)(C)c4ccc(OC)cc4)[C@H]2C)C(=O)N3C)cc1. The molecule has 2 aliphatic rings. The number of carbonyl (C=O) groups excluding carboxylic acids is 2. The van der Waals surface area contributed by atoms with Crippen molar-refractivity contribution in [1.82, 2.24) is 15.0 Å². The molecule has 1 unspecified atom stereocenters. The van der Waals surface area contributed by atoms with Crippen LogP contribution in [0.3, 0.4) is 0 Å². The summed E-state index contributed by atoms with van der Waals surface area (Å²) in [5.41, 5.74) is 2.98. The molecule has 2 amide bonds. The number of aliphatic hydroxyl groups excluding tert-OH is 1. The summed E-state index contributed by atoms with van der Waals surface area (Å²) in [7, 11) is 2.66. The van der Waals surface area contributed by atoms with E-state index in [1.807, 2.05) is 71.5 Å². The molecule has 1 aromatic heterocycles. The van der Waals surface area contributed by atoms with Crippen LogP contribution in [0.5, 0.6) is 11.5 Å². The van der Waals surface area contributed by atoms with E-state index >= 15 is 0 Å². The maximum Gasteiger partial charge on any atom is 0.264 e. The highest BCUT2D eigenvalue weighted by atomic mass is 28.3. The number of hydrogen-bond acceptors (Lipinski definition) is 8.